The molecule has 1 atom stereocenters. The van der Waals surface area contributed by atoms with Crippen molar-refractivity contribution in [3.63, 3.8) is 0 Å². The molecule has 1 aliphatic rings. The molecule has 4 heterocycles. The molecule has 1 unspecified atom stereocenters. The number of hydrogen-bond acceptors (Lipinski definition) is 10. The molecule has 0 radical (unpaired) electrons. The topological polar surface area (TPSA) is 117 Å². The Labute approximate surface area is 199 Å². The van der Waals surface area contributed by atoms with Crippen molar-refractivity contribution in [3.05, 3.63) is 53.2 Å². The summed E-state index contributed by atoms with van der Waals surface area (Å²) in [5.41, 5.74) is 7.99. The van der Waals surface area contributed by atoms with Gasteiger partial charge in [0.05, 0.1) is 23.3 Å². The third-order valence-corrected chi connectivity index (χ3v) is 7.12. The average Bonchev–Trinajstić information content (AvgIpc) is 3.56. The van der Waals surface area contributed by atoms with Crippen LogP contribution >= 0.6 is 23.1 Å². The van der Waals surface area contributed by atoms with E-state index in [-0.39, 0.29) is 12.1 Å². The van der Waals surface area contributed by atoms with E-state index < -0.39 is 0 Å². The average molecular weight is 481 g/mol. The van der Waals surface area contributed by atoms with Crippen molar-refractivity contribution in [2.75, 3.05) is 17.7 Å². The lowest BCUT2D eigenvalue weighted by molar-refractivity contribution is 0.0953. The molecular formula is C22H24N8OS2. The Morgan fingerprint density at radius 1 is 1.18 bits per heavy atom. The quantitative estimate of drug-likeness (QED) is 0.356. The van der Waals surface area contributed by atoms with Gasteiger partial charge in [-0.15, -0.1) is 21.5 Å². The van der Waals surface area contributed by atoms with E-state index >= 15 is 0 Å². The lowest BCUT2D eigenvalue weighted by Crippen LogP contribution is -2.16. The Morgan fingerprint density at radius 3 is 2.88 bits per heavy atom. The van der Waals surface area contributed by atoms with Gasteiger partial charge >= 0.3 is 0 Å². The molecule has 0 bridgehead atoms. The molecule has 3 N–H and O–H groups in total. The van der Waals surface area contributed by atoms with Gasteiger partial charge in [0.2, 0.25) is 11.9 Å². The number of thiophene rings is 1. The van der Waals surface area contributed by atoms with Gasteiger partial charge in [-0.25, -0.2) is 0 Å². The van der Waals surface area contributed by atoms with Crippen LogP contribution in [-0.2, 0) is 17.0 Å². The maximum Gasteiger partial charge on any atom is 0.232 e. The first-order chi connectivity index (χ1) is 16.2. The van der Waals surface area contributed by atoms with Crippen LogP contribution in [0.3, 0.4) is 0 Å². The number of aryl methyl sites for hydroxylation is 1. The minimum absolute atomic E-state index is 0.178. The standard InChI is InChI=1S/C22H24N8OS2/c1-14-6-2-3-8-16(14)24-21-26-18(25-20(23)27-21)13-33-22-29-28-19(17-9-5-11-32-17)30(22)12-15-7-4-10-31-15/h2-3,5-6,8-9,11,15H,4,7,10,12-13H2,1H3,(H3,23,24,25,26,27). The van der Waals surface area contributed by atoms with E-state index in [9.17, 15) is 0 Å². The minimum Gasteiger partial charge on any atom is -0.376 e. The maximum absolute atomic E-state index is 5.97. The molecule has 1 fully saturated rings. The lowest BCUT2D eigenvalue weighted by Gasteiger charge is -2.14. The van der Waals surface area contributed by atoms with Crippen LogP contribution in [-0.4, -0.2) is 42.4 Å². The molecule has 1 saturated heterocycles. The number of anilines is 3. The summed E-state index contributed by atoms with van der Waals surface area (Å²) >= 11 is 3.18. The van der Waals surface area contributed by atoms with Crippen molar-refractivity contribution in [1.82, 2.24) is 29.7 Å². The number of ether oxygens (including phenoxy) is 1. The molecule has 170 valence electrons. The number of hydrogen-bond donors (Lipinski definition) is 2. The molecule has 11 heteroatoms. The minimum atomic E-state index is 0.178. The second-order valence-corrected chi connectivity index (χ2v) is 9.58. The summed E-state index contributed by atoms with van der Waals surface area (Å²) in [6.07, 6.45) is 2.31. The Hall–Kier alpha value is -3.02. The van der Waals surface area contributed by atoms with Crippen molar-refractivity contribution < 1.29 is 4.74 Å². The number of thioether (sulfide) groups is 1. The predicted molar refractivity (Wildman–Crippen MR) is 131 cm³/mol. The first kappa shape index (κ1) is 21.8. The Bertz CT molecular complexity index is 1220. The molecule has 5 rings (SSSR count). The molecule has 33 heavy (non-hydrogen) atoms. The van der Waals surface area contributed by atoms with Crippen molar-refractivity contribution in [1.29, 1.82) is 0 Å². The van der Waals surface area contributed by atoms with Gasteiger partial charge in [-0.2, -0.15) is 15.0 Å². The molecule has 0 saturated carbocycles. The molecular weight excluding hydrogens is 456 g/mol. The van der Waals surface area contributed by atoms with Crippen LogP contribution in [0.1, 0.15) is 24.2 Å². The largest absolute Gasteiger partial charge is 0.376 e. The fourth-order valence-corrected chi connectivity index (χ4v) is 5.18. The second kappa shape index (κ2) is 9.86. The highest BCUT2D eigenvalue weighted by Crippen LogP contribution is 2.30. The van der Waals surface area contributed by atoms with Crippen LogP contribution in [0.15, 0.2) is 46.9 Å². The smallest absolute Gasteiger partial charge is 0.232 e. The normalized spacial score (nSPS) is 15.7. The van der Waals surface area contributed by atoms with E-state index in [0.717, 1.165) is 53.1 Å². The van der Waals surface area contributed by atoms with Crippen LogP contribution in [0.4, 0.5) is 17.6 Å². The van der Waals surface area contributed by atoms with E-state index in [2.05, 4.69) is 41.1 Å². The predicted octanol–water partition coefficient (Wildman–Crippen LogP) is 4.30. The zero-order valence-electron chi connectivity index (χ0n) is 18.1. The zero-order chi connectivity index (χ0) is 22.6. The zero-order valence-corrected chi connectivity index (χ0v) is 19.8. The number of nitrogens with zero attached hydrogens (tertiary/aromatic N) is 6. The van der Waals surface area contributed by atoms with Crippen LogP contribution in [0, 0.1) is 6.92 Å². The molecule has 0 amide bonds. The highest BCUT2D eigenvalue weighted by molar-refractivity contribution is 7.98. The van der Waals surface area contributed by atoms with Gasteiger partial charge in [0.15, 0.2) is 11.0 Å². The number of aromatic nitrogens is 6. The Morgan fingerprint density at radius 2 is 2.09 bits per heavy atom. The lowest BCUT2D eigenvalue weighted by atomic mass is 10.2. The Kier molecular flexibility index (Phi) is 6.51. The van der Waals surface area contributed by atoms with Crippen LogP contribution in [0.5, 0.6) is 0 Å². The summed E-state index contributed by atoms with van der Waals surface area (Å²) < 4.78 is 8.02. The molecule has 3 aromatic heterocycles. The van der Waals surface area contributed by atoms with E-state index in [4.69, 9.17) is 10.5 Å². The fourth-order valence-electron chi connectivity index (χ4n) is 3.66. The number of rotatable bonds is 8. The first-order valence-corrected chi connectivity index (χ1v) is 12.6. The third kappa shape index (κ3) is 5.15. The van der Waals surface area contributed by atoms with E-state index in [0.29, 0.717) is 17.5 Å². The van der Waals surface area contributed by atoms with Crippen molar-refractivity contribution in [2.45, 2.75) is 43.3 Å². The highest BCUT2D eigenvalue weighted by Gasteiger charge is 2.22. The summed E-state index contributed by atoms with van der Waals surface area (Å²) in [6.45, 7) is 3.56. The van der Waals surface area contributed by atoms with Crippen LogP contribution < -0.4 is 11.1 Å². The highest BCUT2D eigenvalue weighted by atomic mass is 32.2. The van der Waals surface area contributed by atoms with E-state index in [1.807, 2.05) is 42.6 Å². The SMILES string of the molecule is Cc1ccccc1Nc1nc(N)nc(CSc2nnc(-c3cccs3)n2CC2CCCO2)n1. The molecule has 1 aromatic carbocycles. The maximum atomic E-state index is 5.97. The summed E-state index contributed by atoms with van der Waals surface area (Å²) in [7, 11) is 0. The van der Waals surface area contributed by atoms with Crippen LogP contribution in [0.2, 0.25) is 0 Å². The van der Waals surface area contributed by atoms with Gasteiger partial charge in [0.25, 0.3) is 0 Å². The second-order valence-electron chi connectivity index (χ2n) is 7.69. The summed E-state index contributed by atoms with van der Waals surface area (Å²) in [6, 6.07) is 12.0. The number of para-hydroxylation sites is 1. The van der Waals surface area contributed by atoms with Gasteiger partial charge in [-0.3, -0.25) is 4.57 Å². The molecule has 0 spiro atoms. The molecule has 1 aliphatic heterocycles. The van der Waals surface area contributed by atoms with Gasteiger partial charge < -0.3 is 15.8 Å². The Balaban J connectivity index is 1.36. The number of nitrogens with one attached hydrogen (secondary N) is 1. The third-order valence-electron chi connectivity index (χ3n) is 5.29. The van der Waals surface area contributed by atoms with Crippen molar-refractivity contribution in [3.8, 4) is 10.7 Å². The van der Waals surface area contributed by atoms with E-state index in [1.54, 1.807) is 11.3 Å². The molecule has 9 nitrogen and oxygen atoms in total. The number of nitrogen functional groups attached to an aromatic ring is 1. The van der Waals surface area contributed by atoms with Gasteiger partial charge in [0, 0.05) is 12.3 Å². The van der Waals surface area contributed by atoms with Gasteiger partial charge in [0.1, 0.15) is 5.82 Å². The van der Waals surface area contributed by atoms with Crippen molar-refractivity contribution in [2.24, 2.45) is 0 Å². The van der Waals surface area contributed by atoms with E-state index in [1.165, 1.54) is 11.8 Å². The molecule has 4 aromatic rings. The number of benzene rings is 1. The fraction of sp³-hybridized carbons (Fsp3) is 0.318. The summed E-state index contributed by atoms with van der Waals surface area (Å²) in [5, 5.41) is 15.0. The summed E-state index contributed by atoms with van der Waals surface area (Å²) in [4.78, 5) is 14.2. The number of nitrogens with two attached hydrogens (primary N) is 1. The van der Waals surface area contributed by atoms with Gasteiger partial charge in [-0.1, -0.05) is 36.0 Å². The molecule has 0 aliphatic carbocycles. The monoisotopic (exact) mass is 480 g/mol. The summed E-state index contributed by atoms with van der Waals surface area (Å²) in [5.74, 6) is 2.53. The van der Waals surface area contributed by atoms with Crippen LogP contribution in [0.25, 0.3) is 10.7 Å². The van der Waals surface area contributed by atoms with Crippen molar-refractivity contribution >= 4 is 40.7 Å². The van der Waals surface area contributed by atoms with Gasteiger partial charge in [-0.05, 0) is 42.8 Å². The first-order valence-electron chi connectivity index (χ1n) is 10.7.